The largest absolute Gasteiger partial charge is 0.385 e. The third kappa shape index (κ3) is 0.932. The Kier molecular flexibility index (Phi) is 1.42. The SMILES string of the molecule is O=C1CCC(=O)C2=C1C(=O)OC2=O. The van der Waals surface area contributed by atoms with Crippen LogP contribution in [0.25, 0.3) is 0 Å². The molecule has 0 N–H and O–H groups in total. The Morgan fingerprint density at radius 1 is 0.769 bits per heavy atom. The summed E-state index contributed by atoms with van der Waals surface area (Å²) in [4.78, 5) is 44.0. The lowest BCUT2D eigenvalue weighted by Crippen LogP contribution is -2.20. The van der Waals surface area contributed by atoms with Crippen LogP contribution in [0.15, 0.2) is 11.1 Å². The molecule has 0 saturated heterocycles. The number of hydrogen-bond acceptors (Lipinski definition) is 5. The van der Waals surface area contributed by atoms with Gasteiger partial charge in [0.1, 0.15) is 11.1 Å². The maximum Gasteiger partial charge on any atom is 0.350 e. The van der Waals surface area contributed by atoms with E-state index in [1.54, 1.807) is 0 Å². The predicted octanol–water partition coefficient (Wildman–Crippen LogP) is -0.702. The summed E-state index contributed by atoms with van der Waals surface area (Å²) in [5.41, 5.74) is -0.720. The van der Waals surface area contributed by atoms with Gasteiger partial charge in [0.25, 0.3) is 0 Å². The van der Waals surface area contributed by atoms with Crippen LogP contribution in [-0.4, -0.2) is 23.5 Å². The van der Waals surface area contributed by atoms with Gasteiger partial charge in [-0.3, -0.25) is 9.59 Å². The second-order valence-corrected chi connectivity index (χ2v) is 2.77. The van der Waals surface area contributed by atoms with E-state index in [4.69, 9.17) is 0 Å². The van der Waals surface area contributed by atoms with E-state index < -0.39 is 23.5 Å². The van der Waals surface area contributed by atoms with Gasteiger partial charge in [0, 0.05) is 12.8 Å². The third-order valence-corrected chi connectivity index (χ3v) is 1.98. The predicted molar refractivity (Wildman–Crippen MR) is 37.4 cm³/mol. The molecule has 66 valence electrons. The standard InChI is InChI=1S/C8H4O5/c9-3-1-2-4(10)6-5(3)7(11)13-8(6)12/h1-2H2. The highest BCUT2D eigenvalue weighted by molar-refractivity contribution is 6.38. The molecule has 0 spiro atoms. The summed E-state index contributed by atoms with van der Waals surface area (Å²) in [7, 11) is 0. The molecule has 13 heavy (non-hydrogen) atoms. The van der Waals surface area contributed by atoms with Gasteiger partial charge in [-0.05, 0) is 0 Å². The molecule has 0 bridgehead atoms. The summed E-state index contributed by atoms with van der Waals surface area (Å²) in [6.45, 7) is 0. The van der Waals surface area contributed by atoms with Crippen molar-refractivity contribution in [3.8, 4) is 0 Å². The van der Waals surface area contributed by atoms with Gasteiger partial charge < -0.3 is 4.74 Å². The Bertz CT molecular complexity index is 351. The zero-order valence-corrected chi connectivity index (χ0v) is 6.46. The zero-order valence-electron chi connectivity index (χ0n) is 6.46. The number of carbonyl (C=O) groups is 4. The fourth-order valence-corrected chi connectivity index (χ4v) is 1.37. The van der Waals surface area contributed by atoms with Crippen molar-refractivity contribution < 1.29 is 23.9 Å². The second-order valence-electron chi connectivity index (χ2n) is 2.77. The molecule has 1 aliphatic heterocycles. The highest BCUT2D eigenvalue weighted by Crippen LogP contribution is 2.26. The molecule has 1 heterocycles. The lowest BCUT2D eigenvalue weighted by Gasteiger charge is -2.05. The van der Waals surface area contributed by atoms with Gasteiger partial charge in [0.05, 0.1) is 0 Å². The molecular formula is C8H4O5. The molecule has 0 saturated carbocycles. The van der Waals surface area contributed by atoms with Gasteiger partial charge in [-0.25, -0.2) is 9.59 Å². The number of esters is 2. The topological polar surface area (TPSA) is 77.5 Å². The molecule has 2 aliphatic rings. The highest BCUT2D eigenvalue weighted by atomic mass is 16.6. The van der Waals surface area contributed by atoms with Crippen LogP contribution in [0, 0.1) is 0 Å². The molecule has 0 aromatic carbocycles. The number of hydrogen-bond donors (Lipinski definition) is 0. The van der Waals surface area contributed by atoms with Crippen LogP contribution in [0.1, 0.15) is 12.8 Å². The van der Waals surface area contributed by atoms with Gasteiger partial charge in [-0.2, -0.15) is 0 Å². The van der Waals surface area contributed by atoms with E-state index in [0.717, 1.165) is 0 Å². The van der Waals surface area contributed by atoms with Crippen molar-refractivity contribution in [1.29, 1.82) is 0 Å². The van der Waals surface area contributed by atoms with Crippen LogP contribution in [0.2, 0.25) is 0 Å². The van der Waals surface area contributed by atoms with Gasteiger partial charge in [-0.15, -0.1) is 0 Å². The Morgan fingerprint density at radius 2 is 1.15 bits per heavy atom. The maximum absolute atomic E-state index is 11.1. The van der Waals surface area contributed by atoms with Crippen molar-refractivity contribution in [1.82, 2.24) is 0 Å². The first-order chi connectivity index (χ1) is 6.11. The van der Waals surface area contributed by atoms with Crippen LogP contribution in [0.3, 0.4) is 0 Å². The first kappa shape index (κ1) is 7.85. The number of rotatable bonds is 0. The molecule has 2 rings (SSSR count). The minimum absolute atomic E-state index is 0.0138. The summed E-state index contributed by atoms with van der Waals surface area (Å²) in [6, 6.07) is 0. The van der Waals surface area contributed by atoms with E-state index >= 15 is 0 Å². The number of Topliss-reactive ketones (excluding diaryl/α,β-unsaturated/α-hetero) is 2. The van der Waals surface area contributed by atoms with Crippen LogP contribution in [0.5, 0.6) is 0 Å². The van der Waals surface area contributed by atoms with Crippen molar-refractivity contribution in [2.45, 2.75) is 12.8 Å². The fraction of sp³-hybridized carbons (Fsp3) is 0.250. The molecule has 0 unspecified atom stereocenters. The lowest BCUT2D eigenvalue weighted by molar-refractivity contribution is -0.151. The molecule has 0 aromatic rings. The monoisotopic (exact) mass is 180 g/mol. The first-order valence-corrected chi connectivity index (χ1v) is 3.68. The number of ether oxygens (including phenoxy) is 1. The zero-order chi connectivity index (χ0) is 9.59. The van der Waals surface area contributed by atoms with E-state index in [-0.39, 0.29) is 24.0 Å². The quantitative estimate of drug-likeness (QED) is 0.280. The second kappa shape index (κ2) is 2.35. The summed E-state index contributed by atoms with van der Waals surface area (Å²) >= 11 is 0. The molecule has 0 amide bonds. The minimum atomic E-state index is -0.988. The van der Waals surface area contributed by atoms with E-state index in [1.807, 2.05) is 0 Å². The number of ketones is 2. The molecular weight excluding hydrogens is 176 g/mol. The average molecular weight is 180 g/mol. The Hall–Kier alpha value is -1.78. The van der Waals surface area contributed by atoms with Crippen molar-refractivity contribution in [2.24, 2.45) is 0 Å². The molecule has 5 nitrogen and oxygen atoms in total. The number of cyclic esters (lactones) is 2. The lowest BCUT2D eigenvalue weighted by atomic mass is 9.91. The van der Waals surface area contributed by atoms with Gasteiger partial charge >= 0.3 is 11.9 Å². The van der Waals surface area contributed by atoms with E-state index in [9.17, 15) is 19.2 Å². The summed E-state index contributed by atoms with van der Waals surface area (Å²) in [6.07, 6.45) is -0.0277. The van der Waals surface area contributed by atoms with Gasteiger partial charge in [-0.1, -0.05) is 0 Å². The first-order valence-electron chi connectivity index (χ1n) is 3.68. The molecule has 5 heteroatoms. The van der Waals surface area contributed by atoms with Crippen molar-refractivity contribution in [3.05, 3.63) is 11.1 Å². The summed E-state index contributed by atoms with van der Waals surface area (Å²) in [5.74, 6) is -2.94. The Balaban J connectivity index is 2.62. The fourth-order valence-electron chi connectivity index (χ4n) is 1.37. The van der Waals surface area contributed by atoms with Crippen molar-refractivity contribution in [3.63, 3.8) is 0 Å². The highest BCUT2D eigenvalue weighted by Gasteiger charge is 2.43. The van der Waals surface area contributed by atoms with Crippen LogP contribution < -0.4 is 0 Å². The van der Waals surface area contributed by atoms with Crippen LogP contribution >= 0.6 is 0 Å². The smallest absolute Gasteiger partial charge is 0.350 e. The molecule has 0 radical (unpaired) electrons. The third-order valence-electron chi connectivity index (χ3n) is 1.98. The average Bonchev–Trinajstić information content (AvgIpc) is 2.36. The van der Waals surface area contributed by atoms with E-state index in [2.05, 4.69) is 4.74 Å². The van der Waals surface area contributed by atoms with E-state index in [0.29, 0.717) is 0 Å². The van der Waals surface area contributed by atoms with Crippen molar-refractivity contribution >= 4 is 23.5 Å². The van der Waals surface area contributed by atoms with Gasteiger partial charge in [0.2, 0.25) is 0 Å². The molecule has 0 fully saturated rings. The van der Waals surface area contributed by atoms with Gasteiger partial charge in [0.15, 0.2) is 11.6 Å². The van der Waals surface area contributed by atoms with Crippen LogP contribution in [0.4, 0.5) is 0 Å². The van der Waals surface area contributed by atoms with E-state index in [1.165, 1.54) is 0 Å². The number of carbonyl (C=O) groups excluding carboxylic acids is 4. The van der Waals surface area contributed by atoms with Crippen molar-refractivity contribution in [2.75, 3.05) is 0 Å². The maximum atomic E-state index is 11.1. The molecule has 1 aliphatic carbocycles. The molecule has 0 atom stereocenters. The summed E-state index contributed by atoms with van der Waals surface area (Å²) < 4.78 is 4.16. The summed E-state index contributed by atoms with van der Waals surface area (Å²) in [5, 5.41) is 0. The Morgan fingerprint density at radius 3 is 1.54 bits per heavy atom. The molecule has 0 aromatic heterocycles. The Labute approximate surface area is 72.4 Å². The normalized spacial score (nSPS) is 22.2. The van der Waals surface area contributed by atoms with Crippen LogP contribution in [-0.2, 0) is 23.9 Å². The minimum Gasteiger partial charge on any atom is -0.385 e.